The lowest BCUT2D eigenvalue weighted by atomic mass is 10.2. The highest BCUT2D eigenvalue weighted by molar-refractivity contribution is 9.26. The summed E-state index contributed by atoms with van der Waals surface area (Å²) >= 11 is 8.87. The van der Waals surface area contributed by atoms with Gasteiger partial charge in [-0.2, -0.15) is 0 Å². The summed E-state index contributed by atoms with van der Waals surface area (Å²) in [6, 6.07) is 0. The van der Waals surface area contributed by atoms with Crippen molar-refractivity contribution in [1.29, 1.82) is 0 Å². The third kappa shape index (κ3) is 4.22. The van der Waals surface area contributed by atoms with Crippen LogP contribution in [0.1, 0.15) is 6.42 Å². The molecular formula is C5H5Br3O3. The third-order valence-electron chi connectivity index (χ3n) is 0.903. The number of carboxylic acid groups (broad SMARTS) is 1. The zero-order valence-electron chi connectivity index (χ0n) is 5.31. The Balaban J connectivity index is 4.21. The van der Waals surface area contributed by atoms with E-state index in [2.05, 4.69) is 47.8 Å². The molecule has 0 radical (unpaired) electrons. The number of carbonyl (C=O) groups excluding carboxylic acids is 1. The summed E-state index contributed by atoms with van der Waals surface area (Å²) in [4.78, 5) is 21.2. The second kappa shape index (κ2) is 4.57. The molecule has 0 bridgehead atoms. The number of hydrogen-bond acceptors (Lipinski definition) is 2. The Morgan fingerprint density at radius 2 is 1.82 bits per heavy atom. The molecule has 0 saturated carbocycles. The Morgan fingerprint density at radius 1 is 1.36 bits per heavy atom. The maximum absolute atomic E-state index is 11.0. The lowest BCUT2D eigenvalue weighted by Gasteiger charge is -2.14. The van der Waals surface area contributed by atoms with Crippen LogP contribution in [0.5, 0.6) is 0 Å². The van der Waals surface area contributed by atoms with Gasteiger partial charge in [-0.05, 0) is 0 Å². The predicted octanol–water partition coefficient (Wildman–Crippen LogP) is 1.91. The number of aliphatic carboxylic acids is 1. The summed E-state index contributed by atoms with van der Waals surface area (Å²) in [5, 5.41) is 8.49. The molecule has 0 unspecified atom stereocenters. The molecule has 0 heterocycles. The number of rotatable bonds is 4. The second-order valence-electron chi connectivity index (χ2n) is 1.83. The molecular weight excluding hydrogens is 348 g/mol. The average molecular weight is 353 g/mol. The highest BCUT2D eigenvalue weighted by Crippen LogP contribution is 2.31. The van der Waals surface area contributed by atoms with E-state index in [0.29, 0.717) is 0 Å². The van der Waals surface area contributed by atoms with Crippen LogP contribution in [0, 0.1) is 0 Å². The Hall–Kier alpha value is 0.580. The number of carbonyl (C=O) groups is 2. The molecule has 0 aromatic carbocycles. The molecule has 0 aliphatic rings. The van der Waals surface area contributed by atoms with E-state index < -0.39 is 9.20 Å². The van der Waals surface area contributed by atoms with Crippen LogP contribution in [0.25, 0.3) is 0 Å². The monoisotopic (exact) mass is 350 g/mol. The van der Waals surface area contributed by atoms with Crippen molar-refractivity contribution in [3.63, 3.8) is 0 Å². The number of alkyl halides is 3. The highest BCUT2D eigenvalue weighted by Gasteiger charge is 2.33. The first-order valence-corrected chi connectivity index (χ1v) is 5.30. The maximum atomic E-state index is 11.0. The van der Waals surface area contributed by atoms with Gasteiger partial charge in [-0.3, -0.25) is 9.59 Å². The molecule has 0 aliphatic heterocycles. The molecule has 0 spiro atoms. The first-order chi connectivity index (χ1) is 4.90. The minimum absolute atomic E-state index is 0.122. The van der Waals surface area contributed by atoms with E-state index in [4.69, 9.17) is 5.11 Å². The molecule has 0 amide bonds. The molecule has 0 saturated heterocycles. The Kier molecular flexibility index (Phi) is 4.81. The van der Waals surface area contributed by atoms with Crippen LogP contribution in [-0.4, -0.2) is 25.4 Å². The van der Waals surface area contributed by atoms with Gasteiger partial charge in [0, 0.05) is 0 Å². The number of hydrogen-bond donors (Lipinski definition) is 1. The molecule has 0 rings (SSSR count). The SMILES string of the molecule is O=C(O)CC(Br)(Br)C(=O)CBr. The largest absolute Gasteiger partial charge is 0.481 e. The molecule has 0 aromatic rings. The number of Topliss-reactive ketones (excluding diaryl/α,β-unsaturated/α-hetero) is 1. The second-order valence-corrected chi connectivity index (χ2v) is 6.16. The van der Waals surface area contributed by atoms with Gasteiger partial charge in [0.2, 0.25) is 0 Å². The van der Waals surface area contributed by atoms with E-state index in [9.17, 15) is 9.59 Å². The van der Waals surface area contributed by atoms with E-state index in [1.165, 1.54) is 0 Å². The predicted molar refractivity (Wildman–Crippen MR) is 51.6 cm³/mol. The summed E-state index contributed by atoms with van der Waals surface area (Å²) in [6.07, 6.45) is -0.280. The van der Waals surface area contributed by atoms with Gasteiger partial charge in [0.1, 0.15) is 3.23 Å². The van der Waals surface area contributed by atoms with Crippen molar-refractivity contribution < 1.29 is 14.7 Å². The van der Waals surface area contributed by atoms with Gasteiger partial charge < -0.3 is 5.11 Å². The molecule has 0 fully saturated rings. The average Bonchev–Trinajstić information content (AvgIpc) is 1.83. The van der Waals surface area contributed by atoms with Crippen LogP contribution in [0.4, 0.5) is 0 Å². The van der Waals surface area contributed by atoms with Crippen LogP contribution in [-0.2, 0) is 9.59 Å². The van der Waals surface area contributed by atoms with Crippen LogP contribution in [0.3, 0.4) is 0 Å². The van der Waals surface area contributed by atoms with Crippen LogP contribution in [0.15, 0.2) is 0 Å². The topological polar surface area (TPSA) is 54.4 Å². The quantitative estimate of drug-likeness (QED) is 0.786. The fourth-order valence-electron chi connectivity index (χ4n) is 0.386. The van der Waals surface area contributed by atoms with Gasteiger partial charge in [0.15, 0.2) is 5.78 Å². The van der Waals surface area contributed by atoms with Crippen molar-refractivity contribution in [1.82, 2.24) is 0 Å². The zero-order chi connectivity index (χ0) is 9.07. The smallest absolute Gasteiger partial charge is 0.306 e. The fraction of sp³-hybridized carbons (Fsp3) is 0.600. The number of halogens is 3. The van der Waals surface area contributed by atoms with E-state index in [1.807, 2.05) is 0 Å². The molecule has 11 heavy (non-hydrogen) atoms. The summed E-state index contributed by atoms with van der Waals surface area (Å²) < 4.78 is -1.13. The van der Waals surface area contributed by atoms with E-state index in [0.717, 1.165) is 0 Å². The fourth-order valence-corrected chi connectivity index (χ4v) is 2.38. The summed E-state index contributed by atoms with van der Waals surface area (Å²) in [5.41, 5.74) is 0. The van der Waals surface area contributed by atoms with Crippen LogP contribution < -0.4 is 0 Å². The lowest BCUT2D eigenvalue weighted by Crippen LogP contribution is -2.28. The zero-order valence-corrected chi connectivity index (χ0v) is 10.1. The Labute approximate surface area is 88.9 Å². The minimum Gasteiger partial charge on any atom is -0.481 e. The van der Waals surface area contributed by atoms with Crippen molar-refractivity contribution in [2.75, 3.05) is 5.33 Å². The lowest BCUT2D eigenvalue weighted by molar-refractivity contribution is -0.138. The summed E-state index contributed by atoms with van der Waals surface area (Å²) in [6.45, 7) is 0. The van der Waals surface area contributed by atoms with Crippen molar-refractivity contribution in [3.8, 4) is 0 Å². The molecule has 0 aliphatic carbocycles. The standard InChI is InChI=1S/C5H5Br3O3/c6-2-3(9)5(7,8)1-4(10)11/h1-2H2,(H,10,11). The van der Waals surface area contributed by atoms with E-state index in [-0.39, 0.29) is 17.5 Å². The van der Waals surface area contributed by atoms with Gasteiger partial charge in [-0.1, -0.05) is 47.8 Å². The highest BCUT2D eigenvalue weighted by atomic mass is 79.9. The molecule has 1 N–H and O–H groups in total. The number of carboxylic acids is 1. The van der Waals surface area contributed by atoms with Crippen LogP contribution >= 0.6 is 47.8 Å². The van der Waals surface area contributed by atoms with Gasteiger partial charge in [0.05, 0.1) is 11.8 Å². The summed E-state index contributed by atoms with van der Waals surface area (Å²) in [7, 11) is 0. The van der Waals surface area contributed by atoms with Crippen molar-refractivity contribution in [2.24, 2.45) is 0 Å². The molecule has 0 aromatic heterocycles. The molecule has 64 valence electrons. The summed E-state index contributed by atoms with van der Waals surface area (Å²) in [5.74, 6) is -1.28. The molecule has 0 atom stereocenters. The van der Waals surface area contributed by atoms with Crippen molar-refractivity contribution in [2.45, 2.75) is 9.65 Å². The first-order valence-electron chi connectivity index (χ1n) is 2.59. The first kappa shape index (κ1) is 11.6. The van der Waals surface area contributed by atoms with Crippen molar-refractivity contribution in [3.05, 3.63) is 0 Å². The van der Waals surface area contributed by atoms with Gasteiger partial charge in [0.25, 0.3) is 0 Å². The van der Waals surface area contributed by atoms with Gasteiger partial charge in [-0.25, -0.2) is 0 Å². The third-order valence-corrected chi connectivity index (χ3v) is 2.86. The molecule has 6 heteroatoms. The Morgan fingerprint density at radius 3 is 2.09 bits per heavy atom. The van der Waals surface area contributed by atoms with E-state index >= 15 is 0 Å². The normalized spacial score (nSPS) is 11.2. The maximum Gasteiger partial charge on any atom is 0.306 e. The van der Waals surface area contributed by atoms with Crippen molar-refractivity contribution >= 4 is 59.5 Å². The number of ketones is 1. The van der Waals surface area contributed by atoms with Crippen LogP contribution in [0.2, 0.25) is 0 Å². The van der Waals surface area contributed by atoms with Gasteiger partial charge in [-0.15, -0.1) is 0 Å². The van der Waals surface area contributed by atoms with Gasteiger partial charge >= 0.3 is 5.97 Å². The minimum atomic E-state index is -1.13. The van der Waals surface area contributed by atoms with E-state index in [1.54, 1.807) is 0 Å². The Bertz CT molecular complexity index is 178. The molecule has 3 nitrogen and oxygen atoms in total.